The highest BCUT2D eigenvalue weighted by molar-refractivity contribution is 7.13. The van der Waals surface area contributed by atoms with Crippen molar-refractivity contribution >= 4 is 17.2 Å². The SMILES string of the molecule is CCOC1CCN(C(=O)Cc2csc(-c3ccccc3)n2)CC1C. The van der Waals surface area contributed by atoms with Crippen molar-refractivity contribution in [2.24, 2.45) is 5.92 Å². The fourth-order valence-electron chi connectivity index (χ4n) is 3.18. The summed E-state index contributed by atoms with van der Waals surface area (Å²) in [6, 6.07) is 10.1. The highest BCUT2D eigenvalue weighted by Crippen LogP contribution is 2.24. The molecule has 0 saturated carbocycles. The Morgan fingerprint density at radius 3 is 2.88 bits per heavy atom. The average molecular weight is 344 g/mol. The second-order valence-corrected chi connectivity index (χ2v) is 7.14. The summed E-state index contributed by atoms with van der Waals surface area (Å²) in [6.07, 6.45) is 1.59. The van der Waals surface area contributed by atoms with Crippen LogP contribution in [0.5, 0.6) is 0 Å². The van der Waals surface area contributed by atoms with Gasteiger partial charge in [0.25, 0.3) is 0 Å². The molecule has 1 aliphatic heterocycles. The van der Waals surface area contributed by atoms with Crippen molar-refractivity contribution in [1.82, 2.24) is 9.88 Å². The van der Waals surface area contributed by atoms with Crippen LogP contribution in [-0.2, 0) is 16.0 Å². The number of hydrogen-bond donors (Lipinski definition) is 0. The van der Waals surface area contributed by atoms with Crippen molar-refractivity contribution in [1.29, 1.82) is 0 Å². The van der Waals surface area contributed by atoms with E-state index >= 15 is 0 Å². The Bertz CT molecular complexity index is 671. The number of nitrogens with zero attached hydrogens (tertiary/aromatic N) is 2. The molecule has 2 atom stereocenters. The van der Waals surface area contributed by atoms with E-state index < -0.39 is 0 Å². The van der Waals surface area contributed by atoms with Crippen LogP contribution in [0.2, 0.25) is 0 Å². The molecule has 1 aliphatic rings. The molecule has 128 valence electrons. The van der Waals surface area contributed by atoms with E-state index in [1.165, 1.54) is 0 Å². The fourth-order valence-corrected chi connectivity index (χ4v) is 4.01. The number of aromatic nitrogens is 1. The maximum absolute atomic E-state index is 12.6. The van der Waals surface area contributed by atoms with E-state index in [0.717, 1.165) is 42.4 Å². The molecule has 5 heteroatoms. The van der Waals surface area contributed by atoms with Crippen LogP contribution in [0.15, 0.2) is 35.7 Å². The molecule has 1 fully saturated rings. The number of hydrogen-bond acceptors (Lipinski definition) is 4. The van der Waals surface area contributed by atoms with Crippen molar-refractivity contribution < 1.29 is 9.53 Å². The quantitative estimate of drug-likeness (QED) is 0.832. The Morgan fingerprint density at radius 1 is 1.38 bits per heavy atom. The topological polar surface area (TPSA) is 42.4 Å². The van der Waals surface area contributed by atoms with Gasteiger partial charge < -0.3 is 9.64 Å². The predicted molar refractivity (Wildman–Crippen MR) is 97.0 cm³/mol. The first-order chi connectivity index (χ1) is 11.7. The molecular formula is C19H24N2O2S. The first kappa shape index (κ1) is 17.1. The molecule has 1 aromatic heterocycles. The molecule has 2 unspecified atom stereocenters. The number of thiazole rings is 1. The molecule has 3 rings (SSSR count). The van der Waals surface area contributed by atoms with Crippen molar-refractivity contribution in [2.75, 3.05) is 19.7 Å². The van der Waals surface area contributed by atoms with Gasteiger partial charge in [-0.05, 0) is 19.3 Å². The molecule has 0 bridgehead atoms. The molecule has 2 aromatic rings. The van der Waals surface area contributed by atoms with Gasteiger partial charge in [0.05, 0.1) is 18.2 Å². The Balaban J connectivity index is 1.59. The third-order valence-electron chi connectivity index (χ3n) is 4.46. The molecule has 24 heavy (non-hydrogen) atoms. The zero-order valence-corrected chi connectivity index (χ0v) is 15.1. The molecule has 0 spiro atoms. The van der Waals surface area contributed by atoms with Gasteiger partial charge in [-0.1, -0.05) is 37.3 Å². The number of carbonyl (C=O) groups is 1. The summed E-state index contributed by atoms with van der Waals surface area (Å²) in [7, 11) is 0. The highest BCUT2D eigenvalue weighted by atomic mass is 32.1. The van der Waals surface area contributed by atoms with Crippen LogP contribution in [0.3, 0.4) is 0 Å². The van der Waals surface area contributed by atoms with Crippen molar-refractivity contribution in [3.05, 3.63) is 41.4 Å². The van der Waals surface area contributed by atoms with E-state index in [1.807, 2.05) is 47.5 Å². The third kappa shape index (κ3) is 4.02. The fraction of sp³-hybridized carbons (Fsp3) is 0.474. The Labute approximate surface area is 147 Å². The van der Waals surface area contributed by atoms with Crippen LogP contribution < -0.4 is 0 Å². The molecular weight excluding hydrogens is 320 g/mol. The molecule has 2 heterocycles. The van der Waals surface area contributed by atoms with Crippen molar-refractivity contribution in [3.8, 4) is 10.6 Å². The summed E-state index contributed by atoms with van der Waals surface area (Å²) in [6.45, 7) is 6.49. The largest absolute Gasteiger partial charge is 0.378 e. The second kappa shape index (κ2) is 7.90. The lowest BCUT2D eigenvalue weighted by atomic mass is 9.96. The number of piperidine rings is 1. The van der Waals surface area contributed by atoms with Crippen molar-refractivity contribution in [2.45, 2.75) is 32.8 Å². The number of carbonyl (C=O) groups excluding carboxylic acids is 1. The van der Waals surface area contributed by atoms with E-state index in [1.54, 1.807) is 11.3 Å². The van der Waals surface area contributed by atoms with Crippen LogP contribution in [0, 0.1) is 5.92 Å². The molecule has 4 nitrogen and oxygen atoms in total. The van der Waals surface area contributed by atoms with E-state index in [9.17, 15) is 4.79 Å². The smallest absolute Gasteiger partial charge is 0.228 e. The molecule has 0 aliphatic carbocycles. The number of amides is 1. The normalized spacial score (nSPS) is 21.0. The van der Waals surface area contributed by atoms with Crippen LogP contribution in [0.4, 0.5) is 0 Å². The number of benzene rings is 1. The van der Waals surface area contributed by atoms with Gasteiger partial charge in [-0.25, -0.2) is 4.98 Å². The summed E-state index contributed by atoms with van der Waals surface area (Å²) < 4.78 is 5.75. The van der Waals surface area contributed by atoms with Gasteiger partial charge >= 0.3 is 0 Å². The molecule has 1 saturated heterocycles. The summed E-state index contributed by atoms with van der Waals surface area (Å²) in [5.41, 5.74) is 1.97. The van der Waals surface area contributed by atoms with Crippen LogP contribution in [0.1, 0.15) is 26.0 Å². The van der Waals surface area contributed by atoms with Crippen molar-refractivity contribution in [3.63, 3.8) is 0 Å². The minimum Gasteiger partial charge on any atom is -0.378 e. The van der Waals surface area contributed by atoms with Gasteiger partial charge in [0.1, 0.15) is 5.01 Å². The minimum atomic E-state index is 0.168. The average Bonchev–Trinajstić information content (AvgIpc) is 3.06. The lowest BCUT2D eigenvalue weighted by Gasteiger charge is -2.36. The zero-order valence-electron chi connectivity index (χ0n) is 14.3. The van der Waals surface area contributed by atoms with Gasteiger partial charge in [0, 0.05) is 30.6 Å². The molecule has 1 amide bonds. The number of ether oxygens (including phenoxy) is 1. The maximum atomic E-state index is 12.6. The Kier molecular flexibility index (Phi) is 5.63. The summed E-state index contributed by atoms with van der Waals surface area (Å²) in [5.74, 6) is 0.555. The van der Waals surface area contributed by atoms with Gasteiger partial charge in [0.15, 0.2) is 0 Å². The monoisotopic (exact) mass is 344 g/mol. The van der Waals surface area contributed by atoms with Gasteiger partial charge in [-0.3, -0.25) is 4.79 Å². The highest BCUT2D eigenvalue weighted by Gasteiger charge is 2.29. The van der Waals surface area contributed by atoms with E-state index in [-0.39, 0.29) is 12.0 Å². The zero-order chi connectivity index (χ0) is 16.9. The van der Waals surface area contributed by atoms with Gasteiger partial charge in [0.2, 0.25) is 5.91 Å². The van der Waals surface area contributed by atoms with E-state index in [0.29, 0.717) is 12.3 Å². The summed E-state index contributed by atoms with van der Waals surface area (Å²) >= 11 is 1.60. The number of rotatable bonds is 5. The lowest BCUT2D eigenvalue weighted by Crippen LogP contribution is -2.46. The molecule has 0 N–H and O–H groups in total. The standard InChI is InChI=1S/C19H24N2O2S/c1-3-23-17-9-10-21(12-14(17)2)18(22)11-16-13-24-19(20-16)15-7-5-4-6-8-15/h4-8,13-14,17H,3,9-12H2,1-2H3. The lowest BCUT2D eigenvalue weighted by molar-refractivity contribution is -0.135. The first-order valence-corrected chi connectivity index (χ1v) is 9.44. The predicted octanol–water partition coefficient (Wildman–Crippen LogP) is 3.63. The van der Waals surface area contributed by atoms with Gasteiger partial charge in [-0.2, -0.15) is 0 Å². The Hall–Kier alpha value is -1.72. The number of likely N-dealkylation sites (tertiary alicyclic amines) is 1. The van der Waals surface area contributed by atoms with Gasteiger partial charge in [-0.15, -0.1) is 11.3 Å². The van der Waals surface area contributed by atoms with E-state index in [4.69, 9.17) is 4.74 Å². The first-order valence-electron chi connectivity index (χ1n) is 8.56. The Morgan fingerprint density at radius 2 is 2.17 bits per heavy atom. The van der Waals surface area contributed by atoms with Crippen LogP contribution >= 0.6 is 11.3 Å². The third-order valence-corrected chi connectivity index (χ3v) is 5.41. The summed E-state index contributed by atoms with van der Waals surface area (Å²) in [4.78, 5) is 19.2. The minimum absolute atomic E-state index is 0.168. The van der Waals surface area contributed by atoms with E-state index in [2.05, 4.69) is 11.9 Å². The second-order valence-electron chi connectivity index (χ2n) is 6.29. The maximum Gasteiger partial charge on any atom is 0.228 e. The van der Waals surface area contributed by atoms with Crippen LogP contribution in [-0.4, -0.2) is 41.6 Å². The summed E-state index contributed by atoms with van der Waals surface area (Å²) in [5, 5.41) is 2.97. The molecule has 1 aromatic carbocycles. The van der Waals surface area contributed by atoms with Crippen LogP contribution in [0.25, 0.3) is 10.6 Å². The molecule has 0 radical (unpaired) electrons.